The molecule has 0 aliphatic carbocycles. The highest BCUT2D eigenvalue weighted by atomic mass is 28.3. The average Bonchev–Trinajstić information content (AvgIpc) is 2.71. The average molecular weight is 435 g/mol. The second kappa shape index (κ2) is 17.0. The molecule has 1 aromatic rings. The molecule has 0 bridgehead atoms. The van der Waals surface area contributed by atoms with E-state index in [2.05, 4.69) is 64.2 Å². The largest absolute Gasteiger partial charge is 0.421 e. The third-order valence-corrected chi connectivity index (χ3v) is 7.17. The molecular weight excluding hydrogens is 384 g/mol. The van der Waals surface area contributed by atoms with Crippen molar-refractivity contribution >= 4 is 9.04 Å². The topological polar surface area (TPSA) is 18.5 Å². The third kappa shape index (κ3) is 13.6. The van der Waals surface area contributed by atoms with Crippen LogP contribution in [0.4, 0.5) is 0 Å². The lowest BCUT2D eigenvalue weighted by Gasteiger charge is -2.35. The molecule has 174 valence electrons. The van der Waals surface area contributed by atoms with E-state index in [9.17, 15) is 0 Å². The standard InChI is InChI=1S/C27H50O2Si/c1-6-7-8-9-10-11-12-13-17-20-26(21-22-29-30(4)5)27(2,3)24-28-23-25-18-15-14-16-19-25/h14-16,18-19,26,30H,6-13,17,20-24H2,1-5H3/t26-/m1/s1. The van der Waals surface area contributed by atoms with E-state index in [0.29, 0.717) is 12.5 Å². The Morgan fingerprint density at radius 1 is 0.833 bits per heavy atom. The zero-order valence-corrected chi connectivity index (χ0v) is 21.9. The smallest absolute Gasteiger partial charge is 0.170 e. The summed E-state index contributed by atoms with van der Waals surface area (Å²) in [6, 6.07) is 10.5. The van der Waals surface area contributed by atoms with Gasteiger partial charge in [-0.15, -0.1) is 0 Å². The molecule has 0 radical (unpaired) electrons. The quantitative estimate of drug-likeness (QED) is 0.161. The van der Waals surface area contributed by atoms with Crippen molar-refractivity contribution in [2.24, 2.45) is 11.3 Å². The maximum Gasteiger partial charge on any atom is 0.170 e. The molecule has 0 heterocycles. The Bertz CT molecular complexity index is 501. The van der Waals surface area contributed by atoms with Gasteiger partial charge in [0, 0.05) is 6.61 Å². The summed E-state index contributed by atoms with van der Waals surface area (Å²) < 4.78 is 12.2. The number of ether oxygens (including phenoxy) is 1. The molecular formula is C27H50O2Si. The maximum absolute atomic E-state index is 6.15. The summed E-state index contributed by atoms with van der Waals surface area (Å²) in [4.78, 5) is 0. The molecule has 0 aliphatic rings. The van der Waals surface area contributed by atoms with Crippen LogP contribution in [0.1, 0.15) is 97.0 Å². The van der Waals surface area contributed by atoms with Crippen LogP contribution >= 0.6 is 0 Å². The van der Waals surface area contributed by atoms with Crippen LogP contribution < -0.4 is 0 Å². The molecule has 0 aromatic heterocycles. The Hall–Kier alpha value is -0.643. The molecule has 0 unspecified atom stereocenters. The van der Waals surface area contributed by atoms with Crippen molar-refractivity contribution in [3.05, 3.63) is 35.9 Å². The molecule has 30 heavy (non-hydrogen) atoms. The van der Waals surface area contributed by atoms with Crippen LogP contribution in [0.15, 0.2) is 30.3 Å². The van der Waals surface area contributed by atoms with E-state index in [-0.39, 0.29) is 5.41 Å². The van der Waals surface area contributed by atoms with Crippen LogP contribution in [0.5, 0.6) is 0 Å². The van der Waals surface area contributed by atoms with Crippen molar-refractivity contribution in [1.29, 1.82) is 0 Å². The van der Waals surface area contributed by atoms with Crippen LogP contribution in [0.3, 0.4) is 0 Å². The van der Waals surface area contributed by atoms with E-state index < -0.39 is 9.04 Å². The monoisotopic (exact) mass is 434 g/mol. The SMILES string of the molecule is CCCCCCCCCCC[C@H](CCO[SiH](C)C)C(C)(C)COCc1ccccc1. The van der Waals surface area contributed by atoms with Crippen LogP contribution in [-0.4, -0.2) is 22.3 Å². The van der Waals surface area contributed by atoms with Gasteiger partial charge in [0.25, 0.3) is 0 Å². The first-order valence-electron chi connectivity index (χ1n) is 12.7. The Morgan fingerprint density at radius 2 is 1.43 bits per heavy atom. The molecule has 1 aromatic carbocycles. The summed E-state index contributed by atoms with van der Waals surface area (Å²) in [5.74, 6) is 0.672. The Labute approximate surface area is 189 Å². The lowest BCUT2D eigenvalue weighted by Crippen LogP contribution is -2.31. The Morgan fingerprint density at radius 3 is 2.03 bits per heavy atom. The van der Waals surface area contributed by atoms with Crippen molar-refractivity contribution in [3.8, 4) is 0 Å². The lowest BCUT2D eigenvalue weighted by atomic mass is 9.75. The highest BCUT2D eigenvalue weighted by Crippen LogP contribution is 2.34. The van der Waals surface area contributed by atoms with E-state index in [1.807, 2.05) is 0 Å². The lowest BCUT2D eigenvalue weighted by molar-refractivity contribution is 0.00990. The number of unbranched alkanes of at least 4 members (excludes halogenated alkanes) is 8. The van der Waals surface area contributed by atoms with Crippen molar-refractivity contribution in [2.75, 3.05) is 13.2 Å². The van der Waals surface area contributed by atoms with Gasteiger partial charge in [-0.25, -0.2) is 0 Å². The first-order valence-corrected chi connectivity index (χ1v) is 15.5. The van der Waals surface area contributed by atoms with Gasteiger partial charge >= 0.3 is 0 Å². The first kappa shape index (κ1) is 27.4. The fourth-order valence-electron chi connectivity index (χ4n) is 4.20. The van der Waals surface area contributed by atoms with Gasteiger partial charge < -0.3 is 9.16 Å². The molecule has 0 fully saturated rings. The van der Waals surface area contributed by atoms with Crippen molar-refractivity contribution in [2.45, 2.75) is 111 Å². The molecule has 0 saturated heterocycles. The van der Waals surface area contributed by atoms with Gasteiger partial charge in [-0.05, 0) is 42.8 Å². The van der Waals surface area contributed by atoms with Gasteiger partial charge in [-0.2, -0.15) is 0 Å². The number of rotatable bonds is 19. The Balaban J connectivity index is 2.36. The fraction of sp³-hybridized carbons (Fsp3) is 0.778. The minimum absolute atomic E-state index is 0.191. The predicted molar refractivity (Wildman–Crippen MR) is 135 cm³/mol. The van der Waals surface area contributed by atoms with Crippen molar-refractivity contribution in [1.82, 2.24) is 0 Å². The zero-order chi connectivity index (χ0) is 22.1. The van der Waals surface area contributed by atoms with Crippen LogP contribution in [0.2, 0.25) is 13.1 Å². The second-order valence-electron chi connectivity index (χ2n) is 9.99. The normalized spacial score (nSPS) is 13.1. The summed E-state index contributed by atoms with van der Waals surface area (Å²) >= 11 is 0. The van der Waals surface area contributed by atoms with Crippen LogP contribution in [-0.2, 0) is 15.8 Å². The summed E-state index contributed by atoms with van der Waals surface area (Å²) in [6.45, 7) is 14.1. The molecule has 1 rings (SSSR count). The van der Waals surface area contributed by atoms with Crippen LogP contribution in [0, 0.1) is 11.3 Å². The van der Waals surface area contributed by atoms with Crippen LogP contribution in [0.25, 0.3) is 0 Å². The summed E-state index contributed by atoms with van der Waals surface area (Å²) in [7, 11) is -0.933. The van der Waals surface area contributed by atoms with Gasteiger partial charge in [-0.1, -0.05) is 109 Å². The number of hydrogen-bond acceptors (Lipinski definition) is 2. The van der Waals surface area contributed by atoms with E-state index in [1.165, 1.54) is 76.2 Å². The summed E-state index contributed by atoms with van der Waals surface area (Å²) in [5.41, 5.74) is 1.45. The molecule has 0 aliphatic heterocycles. The molecule has 0 amide bonds. The van der Waals surface area contributed by atoms with Crippen molar-refractivity contribution in [3.63, 3.8) is 0 Å². The number of benzene rings is 1. The first-order chi connectivity index (χ1) is 14.5. The molecule has 2 nitrogen and oxygen atoms in total. The second-order valence-corrected chi connectivity index (χ2v) is 12.4. The molecule has 0 saturated carbocycles. The molecule has 3 heteroatoms. The third-order valence-electron chi connectivity index (χ3n) is 6.26. The predicted octanol–water partition coefficient (Wildman–Crippen LogP) is 8.16. The molecule has 0 N–H and O–H groups in total. The highest BCUT2D eigenvalue weighted by Gasteiger charge is 2.29. The van der Waals surface area contributed by atoms with Gasteiger partial charge in [0.1, 0.15) is 0 Å². The minimum atomic E-state index is -0.933. The summed E-state index contributed by atoms with van der Waals surface area (Å²) in [5, 5.41) is 0. The highest BCUT2D eigenvalue weighted by molar-refractivity contribution is 6.48. The van der Waals surface area contributed by atoms with Crippen molar-refractivity contribution < 1.29 is 9.16 Å². The Kier molecular flexibility index (Phi) is 15.5. The van der Waals surface area contributed by atoms with E-state index in [0.717, 1.165) is 13.2 Å². The molecule has 1 atom stereocenters. The van der Waals surface area contributed by atoms with Gasteiger partial charge in [0.15, 0.2) is 9.04 Å². The van der Waals surface area contributed by atoms with E-state index in [1.54, 1.807) is 0 Å². The van der Waals surface area contributed by atoms with E-state index >= 15 is 0 Å². The molecule has 0 spiro atoms. The van der Waals surface area contributed by atoms with Gasteiger partial charge in [-0.3, -0.25) is 0 Å². The van der Waals surface area contributed by atoms with Gasteiger partial charge in [0.2, 0.25) is 0 Å². The number of hydrogen-bond donors (Lipinski definition) is 0. The summed E-state index contributed by atoms with van der Waals surface area (Å²) in [6.07, 6.45) is 15.1. The van der Waals surface area contributed by atoms with Gasteiger partial charge in [0.05, 0.1) is 13.2 Å². The zero-order valence-electron chi connectivity index (χ0n) is 20.8. The fourth-order valence-corrected chi connectivity index (χ4v) is 4.80. The minimum Gasteiger partial charge on any atom is -0.421 e. The van der Waals surface area contributed by atoms with E-state index in [4.69, 9.17) is 9.16 Å². The maximum atomic E-state index is 6.15.